The van der Waals surface area contributed by atoms with E-state index in [1.165, 1.54) is 0 Å². The quantitative estimate of drug-likeness (QED) is 0.876. The maximum absolute atomic E-state index is 12.5. The van der Waals surface area contributed by atoms with Gasteiger partial charge < -0.3 is 15.4 Å². The number of carbonyl (C=O) groups excluding carboxylic acids is 1. The van der Waals surface area contributed by atoms with E-state index < -0.39 is 0 Å². The largest absolute Gasteiger partial charge is 0.497 e. The Labute approximate surface area is 126 Å². The fourth-order valence-electron chi connectivity index (χ4n) is 1.83. The summed E-state index contributed by atoms with van der Waals surface area (Å²) in [6.07, 6.45) is 0. The Bertz CT molecular complexity index is 644. The summed E-state index contributed by atoms with van der Waals surface area (Å²) in [6, 6.07) is 12.6. The van der Waals surface area contributed by atoms with Gasteiger partial charge in [-0.05, 0) is 40.2 Å². The number of methoxy groups -OCH3 is 1. The van der Waals surface area contributed by atoms with Crippen molar-refractivity contribution in [1.82, 2.24) is 0 Å². The van der Waals surface area contributed by atoms with Crippen LogP contribution in [0.5, 0.6) is 5.75 Å². The Balaban J connectivity index is 2.35. The van der Waals surface area contributed by atoms with Gasteiger partial charge in [-0.25, -0.2) is 0 Å². The van der Waals surface area contributed by atoms with Crippen LogP contribution in [0.4, 0.5) is 11.4 Å². The molecule has 0 unspecified atom stereocenters. The lowest BCUT2D eigenvalue weighted by molar-refractivity contribution is 0.0992. The number of anilines is 2. The number of carbonyl (C=O) groups is 1. The Kier molecular flexibility index (Phi) is 4.29. The molecule has 0 fully saturated rings. The second kappa shape index (κ2) is 5.96. The monoisotopic (exact) mass is 334 g/mol. The van der Waals surface area contributed by atoms with Crippen molar-refractivity contribution in [2.75, 3.05) is 24.8 Å². The van der Waals surface area contributed by atoms with Crippen LogP contribution < -0.4 is 15.4 Å². The molecule has 0 heterocycles. The van der Waals surface area contributed by atoms with Crippen molar-refractivity contribution >= 4 is 33.2 Å². The Morgan fingerprint density at radius 1 is 1.25 bits per heavy atom. The van der Waals surface area contributed by atoms with Crippen molar-refractivity contribution in [2.45, 2.75) is 0 Å². The molecule has 0 saturated heterocycles. The zero-order valence-electron chi connectivity index (χ0n) is 11.3. The van der Waals surface area contributed by atoms with Crippen LogP contribution >= 0.6 is 15.9 Å². The molecule has 0 aliphatic rings. The summed E-state index contributed by atoms with van der Waals surface area (Å²) in [5.41, 5.74) is 7.62. The fraction of sp³-hybridized carbons (Fsp3) is 0.133. The van der Waals surface area contributed by atoms with E-state index in [-0.39, 0.29) is 5.91 Å². The number of halogens is 1. The molecule has 2 aromatic carbocycles. The minimum atomic E-state index is -0.141. The van der Waals surface area contributed by atoms with E-state index in [0.717, 1.165) is 5.69 Å². The zero-order chi connectivity index (χ0) is 14.7. The van der Waals surface area contributed by atoms with Crippen molar-refractivity contribution in [1.29, 1.82) is 0 Å². The molecule has 0 atom stereocenters. The normalized spacial score (nSPS) is 10.2. The highest BCUT2D eigenvalue weighted by atomic mass is 79.9. The molecule has 1 amide bonds. The van der Waals surface area contributed by atoms with E-state index in [9.17, 15) is 4.79 Å². The summed E-state index contributed by atoms with van der Waals surface area (Å²) in [6.45, 7) is 0. The lowest BCUT2D eigenvalue weighted by atomic mass is 10.1. The smallest absolute Gasteiger partial charge is 0.259 e. The first-order chi connectivity index (χ1) is 9.54. The predicted octanol–water partition coefficient (Wildman–Crippen LogP) is 3.32. The molecule has 2 N–H and O–H groups in total. The molecular formula is C15H15BrN2O2. The number of hydrogen-bond donors (Lipinski definition) is 1. The van der Waals surface area contributed by atoms with Crippen LogP contribution in [-0.4, -0.2) is 20.1 Å². The average molecular weight is 335 g/mol. The van der Waals surface area contributed by atoms with Crippen LogP contribution in [-0.2, 0) is 0 Å². The van der Waals surface area contributed by atoms with Crippen LogP contribution in [0.3, 0.4) is 0 Å². The second-order valence-corrected chi connectivity index (χ2v) is 5.07. The standard InChI is InChI=1S/C15H15BrN2O2/c1-18(10-5-3-6-11(9-10)20-2)15(19)12-7-4-8-13(17)14(12)16/h3-9H,17H2,1-2H3. The van der Waals surface area contributed by atoms with Gasteiger partial charge in [-0.3, -0.25) is 4.79 Å². The Morgan fingerprint density at radius 3 is 2.65 bits per heavy atom. The topological polar surface area (TPSA) is 55.6 Å². The average Bonchev–Trinajstić information content (AvgIpc) is 2.48. The molecule has 0 spiro atoms. The zero-order valence-corrected chi connectivity index (χ0v) is 12.8. The van der Waals surface area contributed by atoms with Gasteiger partial charge in [-0.15, -0.1) is 0 Å². The van der Waals surface area contributed by atoms with Crippen molar-refractivity contribution in [3.63, 3.8) is 0 Å². The molecule has 0 aliphatic heterocycles. The summed E-state index contributed by atoms with van der Waals surface area (Å²) < 4.78 is 5.78. The van der Waals surface area contributed by atoms with Crippen LogP contribution in [0.25, 0.3) is 0 Å². The highest BCUT2D eigenvalue weighted by molar-refractivity contribution is 9.10. The molecule has 0 radical (unpaired) electrons. The Hall–Kier alpha value is -2.01. The summed E-state index contributed by atoms with van der Waals surface area (Å²) in [5, 5.41) is 0. The minimum absolute atomic E-state index is 0.141. The SMILES string of the molecule is COc1cccc(N(C)C(=O)c2cccc(N)c2Br)c1. The molecular weight excluding hydrogens is 320 g/mol. The van der Waals surface area contributed by atoms with Crippen molar-refractivity contribution in [2.24, 2.45) is 0 Å². The van der Waals surface area contributed by atoms with Crippen LogP contribution in [0.1, 0.15) is 10.4 Å². The van der Waals surface area contributed by atoms with Crippen molar-refractivity contribution < 1.29 is 9.53 Å². The third-order valence-corrected chi connectivity index (χ3v) is 3.89. The van der Waals surface area contributed by atoms with Crippen LogP contribution in [0, 0.1) is 0 Å². The van der Waals surface area contributed by atoms with Crippen molar-refractivity contribution in [3.05, 3.63) is 52.5 Å². The van der Waals surface area contributed by atoms with E-state index in [1.807, 2.05) is 18.2 Å². The van der Waals surface area contributed by atoms with Gasteiger partial charge in [-0.1, -0.05) is 12.1 Å². The van der Waals surface area contributed by atoms with Crippen LogP contribution in [0.2, 0.25) is 0 Å². The highest BCUT2D eigenvalue weighted by Gasteiger charge is 2.17. The van der Waals surface area contributed by atoms with Gasteiger partial charge in [0.25, 0.3) is 5.91 Å². The maximum Gasteiger partial charge on any atom is 0.259 e. The molecule has 0 bridgehead atoms. The molecule has 0 aromatic heterocycles. The van der Waals surface area contributed by atoms with Gasteiger partial charge in [0.05, 0.1) is 17.1 Å². The van der Waals surface area contributed by atoms with Gasteiger partial charge in [0.2, 0.25) is 0 Å². The molecule has 2 aromatic rings. The third kappa shape index (κ3) is 2.77. The molecule has 4 nitrogen and oxygen atoms in total. The van der Waals surface area contributed by atoms with Gasteiger partial charge in [-0.2, -0.15) is 0 Å². The number of rotatable bonds is 3. The van der Waals surface area contributed by atoms with Crippen LogP contribution in [0.15, 0.2) is 46.9 Å². The number of nitrogen functional groups attached to an aromatic ring is 1. The maximum atomic E-state index is 12.5. The second-order valence-electron chi connectivity index (χ2n) is 4.27. The third-order valence-electron chi connectivity index (χ3n) is 3.00. The molecule has 0 aliphatic carbocycles. The molecule has 104 valence electrons. The van der Waals surface area contributed by atoms with Gasteiger partial charge in [0.1, 0.15) is 5.75 Å². The molecule has 5 heteroatoms. The number of nitrogens with two attached hydrogens (primary N) is 1. The number of ether oxygens (including phenoxy) is 1. The molecule has 20 heavy (non-hydrogen) atoms. The predicted molar refractivity (Wildman–Crippen MR) is 84.3 cm³/mol. The molecule has 2 rings (SSSR count). The number of amides is 1. The van der Waals surface area contributed by atoms with Gasteiger partial charge in [0, 0.05) is 24.5 Å². The van der Waals surface area contributed by atoms with E-state index in [2.05, 4.69) is 15.9 Å². The van der Waals surface area contributed by atoms with E-state index in [4.69, 9.17) is 10.5 Å². The minimum Gasteiger partial charge on any atom is -0.497 e. The summed E-state index contributed by atoms with van der Waals surface area (Å²) >= 11 is 3.35. The Morgan fingerprint density at radius 2 is 1.95 bits per heavy atom. The lowest BCUT2D eigenvalue weighted by Gasteiger charge is -2.19. The van der Waals surface area contributed by atoms with Gasteiger partial charge in [0.15, 0.2) is 0 Å². The lowest BCUT2D eigenvalue weighted by Crippen LogP contribution is -2.26. The summed E-state index contributed by atoms with van der Waals surface area (Å²) in [4.78, 5) is 14.1. The number of benzene rings is 2. The summed E-state index contributed by atoms with van der Waals surface area (Å²) in [7, 11) is 3.31. The fourth-order valence-corrected chi connectivity index (χ4v) is 2.27. The first kappa shape index (κ1) is 14.4. The first-order valence-electron chi connectivity index (χ1n) is 6.00. The highest BCUT2D eigenvalue weighted by Crippen LogP contribution is 2.27. The van der Waals surface area contributed by atoms with Gasteiger partial charge >= 0.3 is 0 Å². The van der Waals surface area contributed by atoms with Crippen molar-refractivity contribution in [3.8, 4) is 5.75 Å². The number of hydrogen-bond acceptors (Lipinski definition) is 3. The van der Waals surface area contributed by atoms with E-state index >= 15 is 0 Å². The van der Waals surface area contributed by atoms with E-state index in [1.54, 1.807) is 43.3 Å². The molecule has 0 saturated carbocycles. The van der Waals surface area contributed by atoms with E-state index in [0.29, 0.717) is 21.5 Å². The number of nitrogens with zero attached hydrogens (tertiary/aromatic N) is 1. The summed E-state index contributed by atoms with van der Waals surface area (Å²) in [5.74, 6) is 0.561. The first-order valence-corrected chi connectivity index (χ1v) is 6.80.